The Morgan fingerprint density at radius 1 is 1.56 bits per heavy atom. The molecule has 0 aromatic carbocycles. The Labute approximate surface area is 55.1 Å². The third-order valence-corrected chi connectivity index (χ3v) is 0.957. The molecule has 9 heavy (non-hydrogen) atoms. The Kier molecular flexibility index (Phi) is 3.44. The molecule has 0 amide bonds. The molecule has 0 spiro atoms. The summed E-state index contributed by atoms with van der Waals surface area (Å²) in [5.41, 5.74) is 5.66. The summed E-state index contributed by atoms with van der Waals surface area (Å²) in [7, 11) is 0. The van der Waals surface area contributed by atoms with E-state index in [0.717, 1.165) is 0 Å². The van der Waals surface area contributed by atoms with Crippen molar-refractivity contribution in [1.82, 2.24) is 0 Å². The molecule has 2 N–H and O–H groups in total. The van der Waals surface area contributed by atoms with Crippen LogP contribution < -0.4 is 5.73 Å². The second-order valence-corrected chi connectivity index (χ2v) is 1.71. The molecular formula is C7H11NO. The fourth-order valence-corrected chi connectivity index (χ4v) is 0.365. The van der Waals surface area contributed by atoms with Crippen molar-refractivity contribution >= 4 is 5.78 Å². The fraction of sp³-hybridized carbons (Fsp3) is 0.286. The van der Waals surface area contributed by atoms with Crippen LogP contribution in [0.3, 0.4) is 0 Å². The number of hydrogen-bond acceptors (Lipinski definition) is 2. The minimum atomic E-state index is -0.0278. The zero-order valence-electron chi connectivity index (χ0n) is 5.72. The summed E-state index contributed by atoms with van der Waals surface area (Å²) in [5.74, 6) is -0.0278. The molecule has 0 rings (SSSR count). The van der Waals surface area contributed by atoms with Crippen molar-refractivity contribution in [2.45, 2.75) is 13.8 Å². The van der Waals surface area contributed by atoms with E-state index in [0.29, 0.717) is 5.57 Å². The highest BCUT2D eigenvalue weighted by molar-refractivity contribution is 6.03. The van der Waals surface area contributed by atoms with E-state index in [9.17, 15) is 4.79 Å². The van der Waals surface area contributed by atoms with E-state index in [1.165, 1.54) is 12.3 Å². The van der Waals surface area contributed by atoms with Crippen LogP contribution in [0.5, 0.6) is 0 Å². The Morgan fingerprint density at radius 3 is 2.44 bits per heavy atom. The predicted octanol–water partition coefficient (Wildman–Crippen LogP) is 0.994. The zero-order valence-corrected chi connectivity index (χ0v) is 5.72. The number of hydrogen-bond donors (Lipinski definition) is 1. The third kappa shape index (κ3) is 2.69. The van der Waals surface area contributed by atoms with Crippen molar-refractivity contribution in [1.29, 1.82) is 0 Å². The maximum Gasteiger partial charge on any atom is 0.182 e. The molecule has 0 aliphatic rings. The lowest BCUT2D eigenvalue weighted by Crippen LogP contribution is -1.96. The van der Waals surface area contributed by atoms with Gasteiger partial charge in [-0.05, 0) is 19.9 Å². The lowest BCUT2D eigenvalue weighted by molar-refractivity contribution is -0.111. The maximum atomic E-state index is 10.7. The average Bonchev–Trinajstić information content (AvgIpc) is 1.87. The summed E-state index contributed by atoms with van der Waals surface area (Å²) >= 11 is 0. The minimum absolute atomic E-state index is 0.0278. The van der Waals surface area contributed by atoms with Crippen LogP contribution in [0.4, 0.5) is 0 Å². The van der Waals surface area contributed by atoms with Gasteiger partial charge in [-0.1, -0.05) is 6.08 Å². The molecule has 0 aromatic heterocycles. The molecule has 0 saturated carbocycles. The molecule has 0 heterocycles. The third-order valence-electron chi connectivity index (χ3n) is 0.957. The smallest absolute Gasteiger partial charge is 0.182 e. The van der Waals surface area contributed by atoms with E-state index < -0.39 is 0 Å². The van der Waals surface area contributed by atoms with E-state index in [4.69, 9.17) is 5.73 Å². The van der Waals surface area contributed by atoms with Crippen LogP contribution in [0, 0.1) is 0 Å². The van der Waals surface area contributed by atoms with E-state index in [-0.39, 0.29) is 5.78 Å². The standard InChI is InChI=1S/C7H11NO/c1-3-4-7(9)6(2)5-8/h3-5H,8H2,1-2H3/b4-3-,6-5?. The van der Waals surface area contributed by atoms with Crippen LogP contribution in [0.2, 0.25) is 0 Å². The second kappa shape index (κ2) is 3.89. The highest BCUT2D eigenvalue weighted by atomic mass is 16.1. The summed E-state index contributed by atoms with van der Waals surface area (Å²) in [6.07, 6.45) is 4.48. The van der Waals surface area contributed by atoms with Crippen LogP contribution in [0.15, 0.2) is 23.9 Å². The number of carbonyl (C=O) groups is 1. The van der Waals surface area contributed by atoms with Gasteiger partial charge in [-0.3, -0.25) is 4.79 Å². The van der Waals surface area contributed by atoms with Gasteiger partial charge in [0.2, 0.25) is 0 Å². The van der Waals surface area contributed by atoms with Crippen molar-refractivity contribution in [3.8, 4) is 0 Å². The second-order valence-electron chi connectivity index (χ2n) is 1.71. The first kappa shape index (κ1) is 7.95. The highest BCUT2D eigenvalue weighted by Gasteiger charge is 1.94. The first-order valence-electron chi connectivity index (χ1n) is 2.78. The van der Waals surface area contributed by atoms with Gasteiger partial charge in [0.25, 0.3) is 0 Å². The SMILES string of the molecule is C/C=C\C(=O)C(C)=CN. The Balaban J connectivity index is 4.05. The van der Waals surface area contributed by atoms with Crippen LogP contribution in [-0.4, -0.2) is 5.78 Å². The van der Waals surface area contributed by atoms with Crippen LogP contribution in [-0.2, 0) is 4.79 Å². The number of ketones is 1. The van der Waals surface area contributed by atoms with Gasteiger partial charge >= 0.3 is 0 Å². The van der Waals surface area contributed by atoms with E-state index in [1.54, 1.807) is 19.9 Å². The summed E-state index contributed by atoms with van der Waals surface area (Å²) in [6, 6.07) is 0. The molecule has 0 saturated heterocycles. The quantitative estimate of drug-likeness (QED) is 0.559. The van der Waals surface area contributed by atoms with Gasteiger partial charge in [0.15, 0.2) is 5.78 Å². The predicted molar refractivity (Wildman–Crippen MR) is 37.8 cm³/mol. The molecule has 0 radical (unpaired) electrons. The normalized spacial score (nSPS) is 12.4. The summed E-state index contributed by atoms with van der Waals surface area (Å²) in [5, 5.41) is 0. The Bertz CT molecular complexity index is 156. The van der Waals surface area contributed by atoms with Gasteiger partial charge in [-0.15, -0.1) is 0 Å². The maximum absolute atomic E-state index is 10.7. The molecule has 0 fully saturated rings. The van der Waals surface area contributed by atoms with Gasteiger partial charge in [0.05, 0.1) is 0 Å². The van der Waals surface area contributed by atoms with E-state index >= 15 is 0 Å². The summed E-state index contributed by atoms with van der Waals surface area (Å²) < 4.78 is 0. The monoisotopic (exact) mass is 125 g/mol. The van der Waals surface area contributed by atoms with Gasteiger partial charge < -0.3 is 5.73 Å². The van der Waals surface area contributed by atoms with Gasteiger partial charge in [0.1, 0.15) is 0 Å². The number of rotatable bonds is 2. The molecule has 2 nitrogen and oxygen atoms in total. The molecule has 0 bridgehead atoms. The molecular weight excluding hydrogens is 114 g/mol. The highest BCUT2D eigenvalue weighted by Crippen LogP contribution is 1.91. The van der Waals surface area contributed by atoms with Gasteiger partial charge in [-0.25, -0.2) is 0 Å². The first-order valence-corrected chi connectivity index (χ1v) is 2.78. The van der Waals surface area contributed by atoms with Crippen molar-refractivity contribution in [3.63, 3.8) is 0 Å². The Hall–Kier alpha value is -1.05. The topological polar surface area (TPSA) is 43.1 Å². The average molecular weight is 125 g/mol. The summed E-state index contributed by atoms with van der Waals surface area (Å²) in [4.78, 5) is 10.7. The number of nitrogens with two attached hydrogens (primary N) is 1. The molecule has 0 aliphatic carbocycles. The van der Waals surface area contributed by atoms with Crippen molar-refractivity contribution in [2.75, 3.05) is 0 Å². The van der Waals surface area contributed by atoms with Gasteiger partial charge in [0, 0.05) is 11.8 Å². The molecule has 0 atom stereocenters. The fourth-order valence-electron chi connectivity index (χ4n) is 0.365. The lowest BCUT2D eigenvalue weighted by atomic mass is 10.2. The van der Waals surface area contributed by atoms with Gasteiger partial charge in [-0.2, -0.15) is 0 Å². The van der Waals surface area contributed by atoms with Crippen LogP contribution in [0.1, 0.15) is 13.8 Å². The number of allylic oxidation sites excluding steroid dienone is 3. The van der Waals surface area contributed by atoms with Crippen LogP contribution >= 0.6 is 0 Å². The van der Waals surface area contributed by atoms with E-state index in [2.05, 4.69) is 0 Å². The van der Waals surface area contributed by atoms with Crippen molar-refractivity contribution in [3.05, 3.63) is 23.9 Å². The molecule has 0 aromatic rings. The summed E-state index contributed by atoms with van der Waals surface area (Å²) in [6.45, 7) is 3.48. The van der Waals surface area contributed by atoms with Crippen molar-refractivity contribution in [2.24, 2.45) is 5.73 Å². The minimum Gasteiger partial charge on any atom is -0.404 e. The number of carbonyl (C=O) groups excluding carboxylic acids is 1. The molecule has 50 valence electrons. The molecule has 0 unspecified atom stereocenters. The lowest BCUT2D eigenvalue weighted by Gasteiger charge is -1.88. The Morgan fingerprint density at radius 2 is 2.11 bits per heavy atom. The largest absolute Gasteiger partial charge is 0.404 e. The molecule has 0 aliphatic heterocycles. The molecule has 2 heteroatoms. The van der Waals surface area contributed by atoms with E-state index in [1.807, 2.05) is 0 Å². The zero-order chi connectivity index (χ0) is 7.28. The van der Waals surface area contributed by atoms with Crippen LogP contribution in [0.25, 0.3) is 0 Å². The van der Waals surface area contributed by atoms with Crippen molar-refractivity contribution < 1.29 is 4.79 Å². The first-order chi connectivity index (χ1) is 4.22.